The lowest BCUT2D eigenvalue weighted by Gasteiger charge is -2.36. The van der Waals surface area contributed by atoms with E-state index in [1.165, 1.54) is 12.5 Å². The molecule has 2 aliphatic heterocycles. The predicted octanol–water partition coefficient (Wildman–Crippen LogP) is 4.31. The van der Waals surface area contributed by atoms with Crippen molar-refractivity contribution in [1.29, 1.82) is 0 Å². The summed E-state index contributed by atoms with van der Waals surface area (Å²) in [6.45, 7) is 6.76. The maximum atomic E-state index is 15.2. The van der Waals surface area contributed by atoms with Crippen molar-refractivity contribution in [3.05, 3.63) is 52.1 Å². The minimum absolute atomic E-state index is 0.211. The Morgan fingerprint density at radius 2 is 1.87 bits per heavy atom. The van der Waals surface area contributed by atoms with Crippen LogP contribution in [0, 0.1) is 19.7 Å². The Morgan fingerprint density at radius 3 is 2.53 bits per heavy atom. The van der Waals surface area contributed by atoms with Gasteiger partial charge in [0.15, 0.2) is 11.6 Å². The van der Waals surface area contributed by atoms with E-state index in [1.54, 1.807) is 16.4 Å². The van der Waals surface area contributed by atoms with Crippen LogP contribution in [-0.2, 0) is 10.0 Å². The molecular weight excluding hydrogens is 531 g/mol. The SMILES string of the molecule is Cc1cc(Nc2nc(Nc3cc(C)c(C4CCN(C5CCN(S(C)(=O)=O)C5)CC4)cc3F)ncc2Cl)n[nH]1. The number of anilines is 4. The average molecular weight is 563 g/mol. The first-order valence-corrected chi connectivity index (χ1v) is 14.9. The number of piperidine rings is 1. The highest BCUT2D eigenvalue weighted by Crippen LogP contribution is 2.35. The minimum Gasteiger partial charge on any atom is -0.322 e. The first-order valence-electron chi connectivity index (χ1n) is 12.6. The molecule has 4 heterocycles. The van der Waals surface area contributed by atoms with Crippen LogP contribution in [0.25, 0.3) is 0 Å². The van der Waals surface area contributed by atoms with Gasteiger partial charge in [-0.15, -0.1) is 0 Å². The summed E-state index contributed by atoms with van der Waals surface area (Å²) >= 11 is 6.24. The predicted molar refractivity (Wildman–Crippen MR) is 146 cm³/mol. The average Bonchev–Trinajstić information content (AvgIpc) is 3.53. The Balaban J connectivity index is 1.24. The molecule has 0 bridgehead atoms. The second-order valence-electron chi connectivity index (χ2n) is 10.1. The number of likely N-dealkylation sites (tertiary alicyclic amines) is 1. The van der Waals surface area contributed by atoms with E-state index in [9.17, 15) is 8.42 Å². The monoisotopic (exact) mass is 562 g/mol. The Hall–Kier alpha value is -2.80. The lowest BCUT2D eigenvalue weighted by Crippen LogP contribution is -2.43. The second-order valence-corrected chi connectivity index (χ2v) is 12.5. The molecule has 3 aromatic rings. The lowest BCUT2D eigenvalue weighted by atomic mass is 9.86. The number of H-pyrrole nitrogens is 1. The van der Waals surface area contributed by atoms with Gasteiger partial charge in [0, 0.05) is 30.9 Å². The third kappa shape index (κ3) is 5.93. The molecule has 13 heteroatoms. The number of aromatic amines is 1. The molecule has 2 aliphatic rings. The molecule has 5 rings (SSSR count). The molecule has 0 radical (unpaired) electrons. The van der Waals surface area contributed by atoms with E-state index in [4.69, 9.17) is 11.6 Å². The van der Waals surface area contributed by atoms with Crippen molar-refractivity contribution < 1.29 is 12.8 Å². The third-order valence-corrected chi connectivity index (χ3v) is 8.93. The van der Waals surface area contributed by atoms with Gasteiger partial charge in [-0.05, 0) is 75.4 Å². The van der Waals surface area contributed by atoms with Crippen LogP contribution in [0.1, 0.15) is 42.0 Å². The summed E-state index contributed by atoms with van der Waals surface area (Å²) < 4.78 is 40.5. The number of nitrogens with one attached hydrogen (secondary N) is 3. The van der Waals surface area contributed by atoms with E-state index in [2.05, 4.69) is 35.7 Å². The molecule has 204 valence electrons. The van der Waals surface area contributed by atoms with Crippen LogP contribution >= 0.6 is 11.6 Å². The first kappa shape index (κ1) is 26.8. The third-order valence-electron chi connectivity index (χ3n) is 7.38. The topological polar surface area (TPSA) is 119 Å². The Bertz CT molecular complexity index is 1420. The van der Waals surface area contributed by atoms with Gasteiger partial charge in [-0.3, -0.25) is 10.00 Å². The number of halogens is 2. The summed E-state index contributed by atoms with van der Waals surface area (Å²) in [5.74, 6) is 1.01. The van der Waals surface area contributed by atoms with E-state index in [0.717, 1.165) is 49.2 Å². The molecule has 1 unspecified atom stereocenters. The summed E-state index contributed by atoms with van der Waals surface area (Å²) in [6, 6.07) is 5.47. The number of aromatic nitrogens is 4. The fourth-order valence-corrected chi connectivity index (χ4v) is 6.38. The van der Waals surface area contributed by atoms with Gasteiger partial charge in [-0.2, -0.15) is 10.1 Å². The standard InChI is InChI=1S/C25H32ClFN8O2S/c1-15-10-22(29-25-28-13-20(26)24(31-25)30-23-11-16(2)32-33-23)21(27)12-19(15)17-4-7-34(8-5-17)18-6-9-35(14-18)38(3,36)37/h10-13,17-18H,4-9,14H2,1-3H3,(H3,28,29,30,31,32,33). The van der Waals surface area contributed by atoms with Crippen molar-refractivity contribution in [2.24, 2.45) is 0 Å². The van der Waals surface area contributed by atoms with E-state index in [1.807, 2.05) is 19.9 Å². The molecule has 0 aliphatic carbocycles. The van der Waals surface area contributed by atoms with Gasteiger partial charge in [-0.1, -0.05) is 11.6 Å². The van der Waals surface area contributed by atoms with Crippen LogP contribution in [0.4, 0.5) is 27.7 Å². The molecule has 38 heavy (non-hydrogen) atoms. The van der Waals surface area contributed by atoms with Gasteiger partial charge in [-0.25, -0.2) is 22.1 Å². The number of rotatable bonds is 7. The normalized spacial score (nSPS) is 19.7. The molecule has 10 nitrogen and oxygen atoms in total. The second kappa shape index (κ2) is 10.8. The molecule has 0 saturated carbocycles. The maximum Gasteiger partial charge on any atom is 0.229 e. The fraction of sp³-hybridized carbons (Fsp3) is 0.480. The zero-order chi connectivity index (χ0) is 27.0. The van der Waals surface area contributed by atoms with Crippen LogP contribution in [0.3, 0.4) is 0 Å². The summed E-state index contributed by atoms with van der Waals surface area (Å²) in [6.07, 6.45) is 5.39. The molecular formula is C25H32ClFN8O2S. The number of aryl methyl sites for hydroxylation is 2. The zero-order valence-corrected chi connectivity index (χ0v) is 23.2. The van der Waals surface area contributed by atoms with Crippen LogP contribution in [0.15, 0.2) is 24.4 Å². The van der Waals surface area contributed by atoms with Crippen molar-refractivity contribution >= 4 is 44.9 Å². The molecule has 3 N–H and O–H groups in total. The highest BCUT2D eigenvalue weighted by Gasteiger charge is 2.34. The van der Waals surface area contributed by atoms with E-state index >= 15 is 4.39 Å². The Labute approximate surface area is 227 Å². The summed E-state index contributed by atoms with van der Waals surface area (Å²) in [5.41, 5.74) is 3.18. The Kier molecular flexibility index (Phi) is 7.58. The summed E-state index contributed by atoms with van der Waals surface area (Å²) in [7, 11) is -3.15. The van der Waals surface area contributed by atoms with Crippen LogP contribution in [-0.4, -0.2) is 76.3 Å². The summed E-state index contributed by atoms with van der Waals surface area (Å²) in [4.78, 5) is 11.0. The van der Waals surface area contributed by atoms with E-state index in [-0.39, 0.29) is 23.7 Å². The number of hydrogen-bond acceptors (Lipinski definition) is 8. The molecule has 2 saturated heterocycles. The number of sulfonamides is 1. The van der Waals surface area contributed by atoms with Gasteiger partial charge in [0.25, 0.3) is 0 Å². The van der Waals surface area contributed by atoms with Crippen LogP contribution < -0.4 is 10.6 Å². The first-order chi connectivity index (χ1) is 18.1. The largest absolute Gasteiger partial charge is 0.322 e. The molecule has 2 aromatic heterocycles. The summed E-state index contributed by atoms with van der Waals surface area (Å²) in [5, 5.41) is 13.3. The van der Waals surface area contributed by atoms with Crippen LogP contribution in [0.5, 0.6) is 0 Å². The highest BCUT2D eigenvalue weighted by atomic mass is 35.5. The molecule has 1 aromatic carbocycles. The number of hydrogen-bond donors (Lipinski definition) is 3. The van der Waals surface area contributed by atoms with Crippen molar-refractivity contribution in [1.82, 2.24) is 29.4 Å². The zero-order valence-electron chi connectivity index (χ0n) is 21.6. The van der Waals surface area contributed by atoms with Crippen LogP contribution in [0.2, 0.25) is 5.02 Å². The van der Waals surface area contributed by atoms with E-state index in [0.29, 0.717) is 35.4 Å². The van der Waals surface area contributed by atoms with Gasteiger partial charge in [0.05, 0.1) is 18.1 Å². The maximum absolute atomic E-state index is 15.2. The van der Waals surface area contributed by atoms with Crippen molar-refractivity contribution in [2.45, 2.75) is 45.1 Å². The molecule has 0 amide bonds. The van der Waals surface area contributed by atoms with Crippen molar-refractivity contribution in [3.8, 4) is 0 Å². The molecule has 2 fully saturated rings. The number of nitrogens with zero attached hydrogens (tertiary/aromatic N) is 5. The van der Waals surface area contributed by atoms with Gasteiger partial charge in [0.1, 0.15) is 10.8 Å². The molecule has 0 spiro atoms. The fourth-order valence-electron chi connectivity index (χ4n) is 5.36. The van der Waals surface area contributed by atoms with Gasteiger partial charge < -0.3 is 10.6 Å². The smallest absolute Gasteiger partial charge is 0.229 e. The number of benzene rings is 1. The van der Waals surface area contributed by atoms with E-state index < -0.39 is 10.0 Å². The highest BCUT2D eigenvalue weighted by molar-refractivity contribution is 7.88. The van der Waals surface area contributed by atoms with Crippen molar-refractivity contribution in [2.75, 3.05) is 43.1 Å². The quantitative estimate of drug-likeness (QED) is 0.390. The van der Waals surface area contributed by atoms with Crippen molar-refractivity contribution in [3.63, 3.8) is 0 Å². The lowest BCUT2D eigenvalue weighted by molar-refractivity contribution is 0.157. The van der Waals surface area contributed by atoms with Gasteiger partial charge >= 0.3 is 0 Å². The van der Waals surface area contributed by atoms with Gasteiger partial charge in [0.2, 0.25) is 16.0 Å². The minimum atomic E-state index is -3.15. The Morgan fingerprint density at radius 1 is 1.11 bits per heavy atom. The molecule has 1 atom stereocenters.